The van der Waals surface area contributed by atoms with Gasteiger partial charge >= 0.3 is 0 Å². The number of benzene rings is 3. The molecule has 0 saturated carbocycles. The fraction of sp³-hybridized carbons (Fsp3) is 0.148. The highest BCUT2D eigenvalue weighted by molar-refractivity contribution is 8.01. The highest BCUT2D eigenvalue weighted by Gasteiger charge is 2.10. The van der Waals surface area contributed by atoms with E-state index in [0.29, 0.717) is 34.3 Å². The van der Waals surface area contributed by atoms with E-state index in [1.54, 1.807) is 36.4 Å². The van der Waals surface area contributed by atoms with Gasteiger partial charge in [-0.25, -0.2) is 14.8 Å². The van der Waals surface area contributed by atoms with Crippen LogP contribution < -0.4 is 14.9 Å². The molecule has 1 N–H and O–H groups in total. The van der Waals surface area contributed by atoms with Gasteiger partial charge < -0.3 is 9.47 Å². The molecule has 0 bridgehead atoms. The fourth-order valence-electron chi connectivity index (χ4n) is 3.18. The van der Waals surface area contributed by atoms with Gasteiger partial charge in [-0.2, -0.15) is 5.10 Å². The number of hydrogen-bond acceptors (Lipinski definition) is 7. The van der Waals surface area contributed by atoms with Gasteiger partial charge in [-0.15, -0.1) is 11.3 Å². The van der Waals surface area contributed by atoms with Gasteiger partial charge in [-0.3, -0.25) is 4.79 Å². The number of hydrazone groups is 1. The van der Waals surface area contributed by atoms with Crippen molar-refractivity contribution in [1.29, 1.82) is 0 Å². The number of nitrogens with one attached hydrogen (secondary N) is 1. The Hall–Kier alpha value is -3.40. The van der Waals surface area contributed by atoms with Gasteiger partial charge in [-0.1, -0.05) is 53.7 Å². The monoisotopic (exact) mass is 555 g/mol. The van der Waals surface area contributed by atoms with Gasteiger partial charge in [0.15, 0.2) is 15.8 Å². The molecular weight excluding hydrogens is 533 g/mol. The van der Waals surface area contributed by atoms with Gasteiger partial charge in [0.1, 0.15) is 12.4 Å². The molecule has 6 nitrogen and oxygen atoms in total. The lowest BCUT2D eigenvalue weighted by atomic mass is 10.2. The highest BCUT2D eigenvalue weighted by atomic mass is 35.5. The maximum absolute atomic E-state index is 13.9. The molecule has 0 radical (unpaired) electrons. The van der Waals surface area contributed by atoms with Crippen LogP contribution in [0.15, 0.2) is 81.6 Å². The average Bonchev–Trinajstić information content (AvgIpc) is 3.38. The molecule has 4 aromatic rings. The van der Waals surface area contributed by atoms with Crippen molar-refractivity contribution in [2.45, 2.75) is 17.9 Å². The summed E-state index contributed by atoms with van der Waals surface area (Å²) in [6.07, 6.45) is 1.52. The lowest BCUT2D eigenvalue weighted by Gasteiger charge is -2.13. The summed E-state index contributed by atoms with van der Waals surface area (Å²) in [5.41, 5.74) is 5.50. The van der Waals surface area contributed by atoms with Crippen LogP contribution in [0.3, 0.4) is 0 Å². The van der Waals surface area contributed by atoms with Gasteiger partial charge in [0, 0.05) is 21.5 Å². The molecule has 190 valence electrons. The first-order valence-corrected chi connectivity index (χ1v) is 13.6. The number of carbonyl (C=O) groups is 1. The van der Waals surface area contributed by atoms with Crippen LogP contribution in [0, 0.1) is 5.82 Å². The normalized spacial score (nSPS) is 11.0. The standard InChI is InChI=1S/C27H23ClFN3O3S2/c1-2-34-25-13-18(7-12-24(25)35-15-20-5-3-4-6-22(20)29)14-30-32-26(33)17-37-27-31-23(16-36-27)19-8-10-21(28)11-9-19/h3-14,16H,2,15,17H2,1H3,(H,32,33)/b30-14+. The summed E-state index contributed by atoms with van der Waals surface area (Å²) in [4.78, 5) is 16.8. The summed E-state index contributed by atoms with van der Waals surface area (Å²) in [5, 5.41) is 6.65. The smallest absolute Gasteiger partial charge is 0.250 e. The van der Waals surface area contributed by atoms with Crippen LogP contribution in [0.1, 0.15) is 18.1 Å². The van der Waals surface area contributed by atoms with E-state index < -0.39 is 0 Å². The van der Waals surface area contributed by atoms with Gasteiger partial charge in [0.25, 0.3) is 5.91 Å². The van der Waals surface area contributed by atoms with Crippen molar-refractivity contribution in [3.63, 3.8) is 0 Å². The zero-order valence-corrected chi connectivity index (χ0v) is 22.2. The van der Waals surface area contributed by atoms with E-state index in [4.69, 9.17) is 21.1 Å². The Balaban J connectivity index is 1.29. The summed E-state index contributed by atoms with van der Waals surface area (Å²) in [6, 6.07) is 19.2. The first kappa shape index (κ1) is 26.7. The van der Waals surface area contributed by atoms with Crippen molar-refractivity contribution < 1.29 is 18.7 Å². The number of nitrogens with zero attached hydrogens (tertiary/aromatic N) is 2. The van der Waals surface area contributed by atoms with Crippen LogP contribution in [0.25, 0.3) is 11.3 Å². The number of hydrogen-bond donors (Lipinski definition) is 1. The first-order chi connectivity index (χ1) is 18.0. The van der Waals surface area contributed by atoms with Crippen molar-refractivity contribution in [2.24, 2.45) is 5.10 Å². The predicted molar refractivity (Wildman–Crippen MR) is 147 cm³/mol. The molecule has 1 heterocycles. The third-order valence-corrected chi connectivity index (χ3v) is 7.23. The van der Waals surface area contributed by atoms with Crippen molar-refractivity contribution in [3.8, 4) is 22.8 Å². The molecule has 1 amide bonds. The minimum atomic E-state index is -0.324. The molecule has 0 fully saturated rings. The summed E-state index contributed by atoms with van der Waals surface area (Å²) >= 11 is 8.75. The molecule has 4 rings (SSSR count). The third kappa shape index (κ3) is 7.79. The third-order valence-electron chi connectivity index (χ3n) is 4.96. The lowest BCUT2D eigenvalue weighted by Crippen LogP contribution is -2.19. The Morgan fingerprint density at radius 1 is 1.14 bits per heavy atom. The van der Waals surface area contributed by atoms with Crippen molar-refractivity contribution in [2.75, 3.05) is 12.4 Å². The average molecular weight is 556 g/mol. The number of halogens is 2. The van der Waals surface area contributed by atoms with E-state index in [1.807, 2.05) is 36.6 Å². The largest absolute Gasteiger partial charge is 0.490 e. The van der Waals surface area contributed by atoms with Gasteiger partial charge in [0.05, 0.1) is 24.3 Å². The van der Waals surface area contributed by atoms with Crippen LogP contribution in [0.2, 0.25) is 5.02 Å². The molecule has 0 aliphatic carbocycles. The molecule has 3 aromatic carbocycles. The minimum absolute atomic E-state index is 0.0776. The van der Waals surface area contributed by atoms with Crippen LogP contribution in [0.4, 0.5) is 4.39 Å². The Labute approximate surface area is 227 Å². The number of aromatic nitrogens is 1. The molecule has 0 atom stereocenters. The zero-order valence-electron chi connectivity index (χ0n) is 19.8. The fourth-order valence-corrected chi connectivity index (χ4v) is 4.93. The van der Waals surface area contributed by atoms with Crippen molar-refractivity contribution >= 4 is 46.8 Å². The van der Waals surface area contributed by atoms with E-state index >= 15 is 0 Å². The minimum Gasteiger partial charge on any atom is -0.490 e. The molecule has 0 aliphatic heterocycles. The van der Waals surface area contributed by atoms with E-state index in [1.165, 1.54) is 35.4 Å². The number of amides is 1. The molecule has 10 heteroatoms. The van der Waals surface area contributed by atoms with Crippen molar-refractivity contribution in [3.05, 3.63) is 94.1 Å². The number of rotatable bonds is 11. The summed E-state index contributed by atoms with van der Waals surface area (Å²) < 4.78 is 26.1. The number of ether oxygens (including phenoxy) is 2. The van der Waals surface area contributed by atoms with E-state index in [9.17, 15) is 9.18 Å². The summed E-state index contributed by atoms with van der Waals surface area (Å²) in [5.74, 6) is 0.598. The molecule has 0 saturated heterocycles. The van der Waals surface area contributed by atoms with Gasteiger partial charge in [0.2, 0.25) is 0 Å². The molecule has 0 aliphatic rings. The molecular formula is C27H23ClFN3O3S2. The SMILES string of the molecule is CCOc1cc(/C=N/NC(=O)CSc2nc(-c3ccc(Cl)cc3)cs2)ccc1OCc1ccccc1F. The molecule has 37 heavy (non-hydrogen) atoms. The summed E-state index contributed by atoms with van der Waals surface area (Å²) in [6.45, 7) is 2.37. The second-order valence-corrected chi connectivity index (χ2v) is 10.1. The zero-order chi connectivity index (χ0) is 26.0. The Bertz CT molecular complexity index is 1380. The molecule has 0 spiro atoms. The Kier molecular flexibility index (Phi) is 9.53. The van der Waals surface area contributed by atoms with Crippen LogP contribution in [0.5, 0.6) is 11.5 Å². The number of thiazole rings is 1. The number of thioether (sulfide) groups is 1. The maximum atomic E-state index is 13.9. The lowest BCUT2D eigenvalue weighted by molar-refractivity contribution is -0.118. The predicted octanol–water partition coefficient (Wildman–Crippen LogP) is 6.82. The Morgan fingerprint density at radius 2 is 1.95 bits per heavy atom. The Morgan fingerprint density at radius 3 is 2.73 bits per heavy atom. The topological polar surface area (TPSA) is 72.8 Å². The van der Waals surface area contributed by atoms with Crippen LogP contribution >= 0.6 is 34.7 Å². The van der Waals surface area contributed by atoms with E-state index in [0.717, 1.165) is 15.6 Å². The second kappa shape index (κ2) is 13.2. The van der Waals surface area contributed by atoms with Crippen molar-refractivity contribution in [1.82, 2.24) is 10.4 Å². The highest BCUT2D eigenvalue weighted by Crippen LogP contribution is 2.30. The van der Waals surface area contributed by atoms with Gasteiger partial charge in [-0.05, 0) is 48.9 Å². The number of carbonyl (C=O) groups excluding carboxylic acids is 1. The van der Waals surface area contributed by atoms with E-state index in [2.05, 4.69) is 15.5 Å². The maximum Gasteiger partial charge on any atom is 0.250 e. The van der Waals surface area contributed by atoms with Crippen LogP contribution in [-0.4, -0.2) is 29.5 Å². The summed E-state index contributed by atoms with van der Waals surface area (Å²) in [7, 11) is 0. The molecule has 0 unspecified atom stereocenters. The van der Waals surface area contributed by atoms with E-state index in [-0.39, 0.29) is 24.1 Å². The second-order valence-electron chi connectivity index (χ2n) is 7.61. The quantitative estimate of drug-likeness (QED) is 0.125. The first-order valence-electron chi connectivity index (χ1n) is 11.3. The molecule has 1 aromatic heterocycles. The van der Waals surface area contributed by atoms with Crippen LogP contribution in [-0.2, 0) is 11.4 Å².